The molecule has 2 unspecified atom stereocenters. The summed E-state index contributed by atoms with van der Waals surface area (Å²) < 4.78 is 13.3. The van der Waals surface area contributed by atoms with Crippen LogP contribution in [0.25, 0.3) is 11.2 Å². The van der Waals surface area contributed by atoms with E-state index in [4.69, 9.17) is 32.7 Å². The van der Waals surface area contributed by atoms with Crippen molar-refractivity contribution in [3.8, 4) is 5.75 Å². The van der Waals surface area contributed by atoms with Gasteiger partial charge in [0.2, 0.25) is 5.91 Å². The number of fused-ring (bicyclic) bond motifs is 1. The minimum Gasteiger partial charge on any atom is -0.493 e. The average molecular weight is 621 g/mol. The number of amides is 2. The van der Waals surface area contributed by atoms with Crippen molar-refractivity contribution in [3.05, 3.63) is 40.4 Å². The van der Waals surface area contributed by atoms with Crippen LogP contribution in [-0.4, -0.2) is 69.1 Å². The Hall–Kier alpha value is -3.44. The minimum absolute atomic E-state index is 0.114. The fraction of sp³-hybridized carbons (Fsp3) is 0.517. The summed E-state index contributed by atoms with van der Waals surface area (Å²) in [6.45, 7) is 10.1. The molecule has 13 heteroatoms. The second kappa shape index (κ2) is 14.6. The molecular weight excluding hydrogens is 581 g/mol. The van der Waals surface area contributed by atoms with Crippen molar-refractivity contribution < 1.29 is 19.1 Å². The fourth-order valence-corrected chi connectivity index (χ4v) is 4.64. The van der Waals surface area contributed by atoms with Crippen molar-refractivity contribution >= 4 is 58.5 Å². The molecule has 42 heavy (non-hydrogen) atoms. The molecule has 0 spiro atoms. The molecular formula is C29H39Cl2N7O4. The number of halogens is 2. The quantitative estimate of drug-likeness (QED) is 0.139. The van der Waals surface area contributed by atoms with Gasteiger partial charge in [-0.25, -0.2) is 24.7 Å². The van der Waals surface area contributed by atoms with Crippen LogP contribution in [0.2, 0.25) is 10.0 Å². The largest absolute Gasteiger partial charge is 0.493 e. The number of hydrogen-bond acceptors (Lipinski definition) is 7. The van der Waals surface area contributed by atoms with E-state index in [0.29, 0.717) is 45.0 Å². The normalized spacial score (nSPS) is 13.3. The Morgan fingerprint density at radius 2 is 1.90 bits per heavy atom. The van der Waals surface area contributed by atoms with Gasteiger partial charge in [0.15, 0.2) is 17.0 Å². The lowest BCUT2D eigenvalue weighted by atomic mass is 9.93. The van der Waals surface area contributed by atoms with Crippen LogP contribution in [0.5, 0.6) is 5.75 Å². The van der Waals surface area contributed by atoms with Crippen LogP contribution in [-0.2, 0) is 16.1 Å². The number of nitrogens with one attached hydrogen (secondary N) is 1. The number of hydrogen-bond donors (Lipinski definition) is 1. The highest BCUT2D eigenvalue weighted by molar-refractivity contribution is 6.42. The Labute approximate surface area is 256 Å². The summed E-state index contributed by atoms with van der Waals surface area (Å²) in [5, 5.41) is 3.40. The second-order valence-electron chi connectivity index (χ2n) is 11.5. The number of carbonyl (C=O) groups is 2. The third kappa shape index (κ3) is 9.55. The Kier molecular flexibility index (Phi) is 11.5. The summed E-state index contributed by atoms with van der Waals surface area (Å²) in [6, 6.07) is 3.49. The summed E-state index contributed by atoms with van der Waals surface area (Å²) in [5.74, 6) is 0.901. The van der Waals surface area contributed by atoms with Crippen LogP contribution >= 0.6 is 23.2 Å². The topological polar surface area (TPSA) is 124 Å². The summed E-state index contributed by atoms with van der Waals surface area (Å²) in [6.07, 6.45) is 6.26. The van der Waals surface area contributed by atoms with E-state index in [1.807, 2.05) is 21.0 Å². The van der Waals surface area contributed by atoms with Crippen LogP contribution in [0, 0.1) is 11.8 Å². The lowest BCUT2D eigenvalue weighted by molar-refractivity contribution is -0.121. The van der Waals surface area contributed by atoms with Gasteiger partial charge in [-0.05, 0) is 58.1 Å². The second-order valence-corrected chi connectivity index (χ2v) is 12.3. The SMILES string of the molecule is CC(CCCOc1ccc(Cl)c(Cl)c1Cn1cnc2c(NC(=O)OC(C)(C)C)ncnc21)CC(C)C(=O)N=CN(C)C. The number of benzene rings is 1. The Bertz CT molecular complexity index is 1420. The molecule has 1 aromatic carbocycles. The maximum Gasteiger partial charge on any atom is 0.413 e. The smallest absolute Gasteiger partial charge is 0.413 e. The van der Waals surface area contributed by atoms with Crippen molar-refractivity contribution in [1.29, 1.82) is 0 Å². The van der Waals surface area contributed by atoms with E-state index < -0.39 is 11.7 Å². The van der Waals surface area contributed by atoms with Gasteiger partial charge in [-0.1, -0.05) is 37.0 Å². The summed E-state index contributed by atoms with van der Waals surface area (Å²) in [4.78, 5) is 43.2. The van der Waals surface area contributed by atoms with Crippen molar-refractivity contribution in [2.24, 2.45) is 16.8 Å². The van der Waals surface area contributed by atoms with Gasteiger partial charge in [-0.3, -0.25) is 10.1 Å². The molecule has 228 valence electrons. The van der Waals surface area contributed by atoms with Crippen molar-refractivity contribution in [1.82, 2.24) is 24.4 Å². The average Bonchev–Trinajstić information content (AvgIpc) is 3.31. The van der Waals surface area contributed by atoms with E-state index in [-0.39, 0.29) is 24.2 Å². The highest BCUT2D eigenvalue weighted by Gasteiger charge is 2.21. The molecule has 0 saturated carbocycles. The molecule has 2 heterocycles. The molecule has 0 radical (unpaired) electrons. The van der Waals surface area contributed by atoms with E-state index in [1.165, 1.54) is 12.7 Å². The van der Waals surface area contributed by atoms with Gasteiger partial charge in [0, 0.05) is 25.6 Å². The number of imidazole rings is 1. The third-order valence-corrected chi connectivity index (χ3v) is 7.04. The molecule has 0 saturated heterocycles. The number of aliphatic imine (C=N–C) groups is 1. The fourth-order valence-electron chi connectivity index (χ4n) is 4.25. The number of ether oxygens (including phenoxy) is 2. The molecule has 0 aliphatic rings. The summed E-state index contributed by atoms with van der Waals surface area (Å²) in [7, 11) is 3.66. The summed E-state index contributed by atoms with van der Waals surface area (Å²) in [5.41, 5.74) is 0.907. The molecule has 2 atom stereocenters. The van der Waals surface area contributed by atoms with E-state index in [0.717, 1.165) is 19.3 Å². The zero-order chi connectivity index (χ0) is 31.0. The first-order chi connectivity index (χ1) is 19.7. The predicted octanol–water partition coefficient (Wildman–Crippen LogP) is 6.47. The third-order valence-electron chi connectivity index (χ3n) is 6.19. The van der Waals surface area contributed by atoms with Crippen LogP contribution in [0.4, 0.5) is 10.6 Å². The Balaban J connectivity index is 1.66. The maximum absolute atomic E-state index is 12.3. The maximum atomic E-state index is 12.3. The van der Waals surface area contributed by atoms with Gasteiger partial charge < -0.3 is 18.9 Å². The van der Waals surface area contributed by atoms with Gasteiger partial charge in [-0.15, -0.1) is 0 Å². The number of rotatable bonds is 12. The number of nitrogens with zero attached hydrogens (tertiary/aromatic N) is 6. The van der Waals surface area contributed by atoms with Gasteiger partial charge in [0.05, 0.1) is 35.9 Å². The van der Waals surface area contributed by atoms with Gasteiger partial charge in [0.25, 0.3) is 0 Å². The monoisotopic (exact) mass is 619 g/mol. The van der Waals surface area contributed by atoms with E-state index in [2.05, 4.69) is 32.2 Å². The first-order valence-electron chi connectivity index (χ1n) is 13.7. The Morgan fingerprint density at radius 3 is 2.60 bits per heavy atom. The molecule has 3 aromatic rings. The van der Waals surface area contributed by atoms with Crippen LogP contribution in [0.3, 0.4) is 0 Å². The molecule has 11 nitrogen and oxygen atoms in total. The van der Waals surface area contributed by atoms with Crippen LogP contribution < -0.4 is 10.1 Å². The zero-order valence-electron chi connectivity index (χ0n) is 25.1. The molecule has 0 bridgehead atoms. The zero-order valence-corrected chi connectivity index (χ0v) is 26.7. The molecule has 0 aliphatic carbocycles. The molecule has 0 aliphatic heterocycles. The molecule has 2 amide bonds. The highest BCUT2D eigenvalue weighted by Crippen LogP contribution is 2.35. The number of anilines is 1. The predicted molar refractivity (Wildman–Crippen MR) is 166 cm³/mol. The highest BCUT2D eigenvalue weighted by atomic mass is 35.5. The number of aromatic nitrogens is 4. The van der Waals surface area contributed by atoms with Gasteiger partial charge in [0.1, 0.15) is 17.7 Å². The van der Waals surface area contributed by atoms with Crippen molar-refractivity contribution in [2.75, 3.05) is 26.0 Å². The van der Waals surface area contributed by atoms with Gasteiger partial charge in [-0.2, -0.15) is 0 Å². The first kappa shape index (κ1) is 33.1. The standard InChI is InChI=1S/C29H39Cl2N7O4/c1-18(13-19(2)27(39)35-16-37(6)7)9-8-12-41-22-11-10-21(30)23(31)20(22)14-38-17-34-24-25(32-15-33-26(24)38)36-28(40)42-29(3,4)5/h10-11,15-19H,8-9,12-14H2,1-7H3,(H,32,33,36,40). The number of carbonyl (C=O) groups excluding carboxylic acids is 2. The van der Waals surface area contributed by atoms with Crippen molar-refractivity contribution in [2.45, 2.75) is 66.0 Å². The van der Waals surface area contributed by atoms with E-state index in [1.54, 1.807) is 48.7 Å². The molecule has 1 N–H and O–H groups in total. The summed E-state index contributed by atoms with van der Waals surface area (Å²) >= 11 is 13.0. The molecule has 3 rings (SSSR count). The van der Waals surface area contributed by atoms with E-state index in [9.17, 15) is 9.59 Å². The minimum atomic E-state index is -0.661. The van der Waals surface area contributed by atoms with Crippen LogP contribution in [0.15, 0.2) is 29.8 Å². The van der Waals surface area contributed by atoms with E-state index >= 15 is 0 Å². The van der Waals surface area contributed by atoms with Crippen LogP contribution in [0.1, 0.15) is 59.4 Å². The lowest BCUT2D eigenvalue weighted by Crippen LogP contribution is -2.27. The first-order valence-corrected chi connectivity index (χ1v) is 14.5. The van der Waals surface area contributed by atoms with Crippen molar-refractivity contribution in [3.63, 3.8) is 0 Å². The lowest BCUT2D eigenvalue weighted by Gasteiger charge is -2.19. The Morgan fingerprint density at radius 1 is 1.17 bits per heavy atom. The molecule has 2 aromatic heterocycles. The van der Waals surface area contributed by atoms with Gasteiger partial charge >= 0.3 is 6.09 Å². The molecule has 0 fully saturated rings.